The van der Waals surface area contributed by atoms with Crippen LogP contribution in [0, 0.1) is 10.1 Å². The van der Waals surface area contributed by atoms with Crippen LogP contribution in [0.25, 0.3) is 6.08 Å². The van der Waals surface area contributed by atoms with Crippen molar-refractivity contribution in [3.63, 3.8) is 0 Å². The second-order valence-electron chi connectivity index (χ2n) is 6.32. The number of amides is 1. The van der Waals surface area contributed by atoms with Gasteiger partial charge in [-0.2, -0.15) is 0 Å². The molecule has 30 heavy (non-hydrogen) atoms. The van der Waals surface area contributed by atoms with Crippen LogP contribution in [-0.2, 0) is 14.3 Å². The van der Waals surface area contributed by atoms with E-state index in [1.807, 2.05) is 0 Å². The number of methoxy groups -OCH3 is 2. The lowest BCUT2D eigenvalue weighted by molar-refractivity contribution is -0.385. The van der Waals surface area contributed by atoms with Gasteiger partial charge in [-0.1, -0.05) is 22.0 Å². The van der Waals surface area contributed by atoms with Gasteiger partial charge in [-0.05, 0) is 48.9 Å². The maximum Gasteiger partial charge on any atom is 0.340 e. The molecule has 8 nitrogen and oxygen atoms in total. The molecule has 0 saturated carbocycles. The number of rotatable bonds is 5. The van der Waals surface area contributed by atoms with Crippen LogP contribution in [-0.4, -0.2) is 31.0 Å². The number of benzene rings is 2. The Labute approximate surface area is 180 Å². The fourth-order valence-corrected chi connectivity index (χ4v) is 3.45. The zero-order valence-corrected chi connectivity index (χ0v) is 17.9. The minimum absolute atomic E-state index is 0.0849. The third-order valence-corrected chi connectivity index (χ3v) is 5.11. The van der Waals surface area contributed by atoms with Gasteiger partial charge in [0.2, 0.25) is 0 Å². The summed E-state index contributed by atoms with van der Waals surface area (Å²) in [5.74, 6) is -1.01. The fraction of sp³-hybridized carbons (Fsp3) is 0.143. The van der Waals surface area contributed by atoms with Gasteiger partial charge in [-0.15, -0.1) is 0 Å². The first-order valence-electron chi connectivity index (χ1n) is 8.72. The predicted octanol–water partition coefficient (Wildman–Crippen LogP) is 4.24. The minimum Gasteiger partial charge on any atom is -0.490 e. The van der Waals surface area contributed by atoms with Crippen molar-refractivity contribution >= 4 is 45.3 Å². The summed E-state index contributed by atoms with van der Waals surface area (Å²) < 4.78 is 10.7. The molecule has 0 N–H and O–H groups in total. The quantitative estimate of drug-likeness (QED) is 0.279. The van der Waals surface area contributed by atoms with Gasteiger partial charge < -0.3 is 9.47 Å². The van der Waals surface area contributed by atoms with Crippen molar-refractivity contribution in [2.75, 3.05) is 19.1 Å². The number of allylic oxidation sites excluding steroid dienone is 1. The molecule has 1 heterocycles. The Morgan fingerprint density at radius 1 is 1.17 bits per heavy atom. The zero-order chi connectivity index (χ0) is 22.0. The van der Waals surface area contributed by atoms with Crippen LogP contribution in [0.3, 0.4) is 0 Å². The summed E-state index contributed by atoms with van der Waals surface area (Å²) in [6, 6.07) is 11.3. The number of ether oxygens (including phenoxy) is 2. The highest BCUT2D eigenvalue weighted by Crippen LogP contribution is 2.36. The van der Waals surface area contributed by atoms with E-state index in [9.17, 15) is 19.7 Å². The Bertz CT molecular complexity index is 1100. The first-order valence-corrected chi connectivity index (χ1v) is 9.51. The number of carbonyl (C=O) groups is 2. The van der Waals surface area contributed by atoms with Gasteiger partial charge in [0.15, 0.2) is 5.75 Å². The van der Waals surface area contributed by atoms with Crippen LogP contribution in [0.4, 0.5) is 11.4 Å². The molecular weight excluding hydrogens is 456 g/mol. The van der Waals surface area contributed by atoms with Crippen molar-refractivity contribution in [2.45, 2.75) is 6.92 Å². The van der Waals surface area contributed by atoms with Crippen molar-refractivity contribution in [3.8, 4) is 5.75 Å². The second-order valence-corrected chi connectivity index (χ2v) is 7.23. The molecule has 1 aliphatic heterocycles. The van der Waals surface area contributed by atoms with Gasteiger partial charge in [0.05, 0.1) is 30.3 Å². The topological polar surface area (TPSA) is 99.0 Å². The van der Waals surface area contributed by atoms with E-state index in [4.69, 9.17) is 9.47 Å². The Hall–Kier alpha value is -3.46. The highest BCUT2D eigenvalue weighted by Gasteiger charge is 2.38. The summed E-state index contributed by atoms with van der Waals surface area (Å²) in [5, 5.41) is 11.3. The standard InChI is InChI=1S/C21H17BrN2O6/c1-12-19(21(26)30-3)16(20(25)23(12)15-7-5-14(22)6-8-15)10-13-4-9-18(29-2)17(11-13)24(27)28/h4-11H,1-3H3/b16-10-. The Balaban J connectivity index is 2.14. The lowest BCUT2D eigenvalue weighted by Crippen LogP contribution is -2.24. The van der Waals surface area contributed by atoms with E-state index < -0.39 is 16.8 Å². The van der Waals surface area contributed by atoms with Crippen molar-refractivity contribution < 1.29 is 24.0 Å². The van der Waals surface area contributed by atoms with Crippen LogP contribution < -0.4 is 9.64 Å². The monoisotopic (exact) mass is 472 g/mol. The first kappa shape index (κ1) is 21.3. The summed E-state index contributed by atoms with van der Waals surface area (Å²) in [6.07, 6.45) is 1.43. The SMILES string of the molecule is COC(=O)C1=C(C)N(c2ccc(Br)cc2)C(=O)/C1=C\c1ccc(OC)c([N+](=O)[O-])c1. The maximum atomic E-state index is 13.2. The number of esters is 1. The summed E-state index contributed by atoms with van der Waals surface area (Å²) >= 11 is 3.35. The molecule has 1 aliphatic rings. The van der Waals surface area contributed by atoms with Crippen molar-refractivity contribution in [3.05, 3.63) is 79.5 Å². The molecule has 1 amide bonds. The molecule has 0 atom stereocenters. The van der Waals surface area contributed by atoms with E-state index in [0.29, 0.717) is 16.9 Å². The van der Waals surface area contributed by atoms with Crippen LogP contribution in [0.5, 0.6) is 5.75 Å². The number of nitrogens with zero attached hydrogens (tertiary/aromatic N) is 2. The average molecular weight is 473 g/mol. The molecule has 0 aliphatic carbocycles. The van der Waals surface area contributed by atoms with Crippen molar-refractivity contribution in [2.24, 2.45) is 0 Å². The van der Waals surface area contributed by atoms with Crippen LogP contribution in [0.1, 0.15) is 12.5 Å². The van der Waals surface area contributed by atoms with Crippen LogP contribution in [0.15, 0.2) is 63.8 Å². The van der Waals surface area contributed by atoms with Crippen LogP contribution in [0.2, 0.25) is 0 Å². The van der Waals surface area contributed by atoms with E-state index in [-0.39, 0.29) is 22.6 Å². The van der Waals surface area contributed by atoms with E-state index in [1.165, 1.54) is 37.3 Å². The predicted molar refractivity (Wildman–Crippen MR) is 114 cm³/mol. The summed E-state index contributed by atoms with van der Waals surface area (Å²) in [7, 11) is 2.56. The Kier molecular flexibility index (Phi) is 6.02. The van der Waals surface area contributed by atoms with Gasteiger partial charge in [0, 0.05) is 21.9 Å². The minimum atomic E-state index is -0.672. The van der Waals surface area contributed by atoms with Gasteiger partial charge in [-0.25, -0.2) is 4.79 Å². The smallest absolute Gasteiger partial charge is 0.340 e. The van der Waals surface area contributed by atoms with Crippen molar-refractivity contribution in [1.29, 1.82) is 0 Å². The number of nitro benzene ring substituents is 1. The molecule has 0 unspecified atom stereocenters. The highest BCUT2D eigenvalue weighted by atomic mass is 79.9. The molecule has 2 aromatic rings. The highest BCUT2D eigenvalue weighted by molar-refractivity contribution is 9.10. The number of hydrogen-bond acceptors (Lipinski definition) is 6. The molecule has 0 bridgehead atoms. The first-order chi connectivity index (χ1) is 14.3. The third-order valence-electron chi connectivity index (χ3n) is 4.59. The van der Waals surface area contributed by atoms with Crippen LogP contribution >= 0.6 is 15.9 Å². The van der Waals surface area contributed by atoms with Gasteiger partial charge in [-0.3, -0.25) is 19.8 Å². The Morgan fingerprint density at radius 2 is 1.83 bits per heavy atom. The van der Waals surface area contributed by atoms with Gasteiger partial charge >= 0.3 is 11.7 Å². The molecule has 2 aromatic carbocycles. The zero-order valence-electron chi connectivity index (χ0n) is 16.3. The molecular formula is C21H17BrN2O6. The molecule has 154 valence electrons. The molecule has 0 saturated heterocycles. The van der Waals surface area contributed by atoms with E-state index >= 15 is 0 Å². The lowest BCUT2D eigenvalue weighted by Gasteiger charge is -2.18. The third kappa shape index (κ3) is 3.84. The Morgan fingerprint density at radius 3 is 2.40 bits per heavy atom. The second kappa shape index (κ2) is 8.50. The summed E-state index contributed by atoms with van der Waals surface area (Å²) in [4.78, 5) is 37.8. The number of hydrogen-bond donors (Lipinski definition) is 0. The van der Waals surface area contributed by atoms with Gasteiger partial charge in [0.25, 0.3) is 5.91 Å². The van der Waals surface area contributed by atoms with E-state index in [1.54, 1.807) is 37.3 Å². The van der Waals surface area contributed by atoms with E-state index in [2.05, 4.69) is 15.9 Å². The largest absolute Gasteiger partial charge is 0.490 e. The fourth-order valence-electron chi connectivity index (χ4n) is 3.19. The number of nitro groups is 1. The molecule has 3 rings (SSSR count). The maximum absolute atomic E-state index is 13.2. The number of carbonyl (C=O) groups excluding carboxylic acids is 2. The summed E-state index contributed by atoms with van der Waals surface area (Å²) in [6.45, 7) is 1.64. The number of halogens is 1. The molecule has 0 radical (unpaired) electrons. The van der Waals surface area contributed by atoms with E-state index in [0.717, 1.165) is 4.47 Å². The number of anilines is 1. The normalized spacial score (nSPS) is 15.0. The average Bonchev–Trinajstić information content (AvgIpc) is 2.97. The molecule has 0 fully saturated rings. The lowest BCUT2D eigenvalue weighted by atomic mass is 10.0. The van der Waals surface area contributed by atoms with Crippen molar-refractivity contribution in [1.82, 2.24) is 0 Å². The molecule has 0 spiro atoms. The summed E-state index contributed by atoms with van der Waals surface area (Å²) in [5.41, 5.74) is 1.29. The molecule has 0 aromatic heterocycles. The van der Waals surface area contributed by atoms with Gasteiger partial charge in [0.1, 0.15) is 0 Å². The molecule has 9 heteroatoms.